The van der Waals surface area contributed by atoms with Crippen molar-refractivity contribution in [1.82, 2.24) is 5.32 Å². The lowest BCUT2D eigenvalue weighted by Crippen LogP contribution is -2.33. The highest BCUT2D eigenvalue weighted by Crippen LogP contribution is 2.19. The summed E-state index contributed by atoms with van der Waals surface area (Å²) >= 11 is 0. The van der Waals surface area contributed by atoms with E-state index in [1.54, 1.807) is 12.2 Å². The van der Waals surface area contributed by atoms with Crippen molar-refractivity contribution in [2.45, 2.75) is 13.1 Å². The van der Waals surface area contributed by atoms with E-state index in [-0.39, 0.29) is 22.4 Å². The lowest BCUT2D eigenvalue weighted by Gasteiger charge is -2.12. The van der Waals surface area contributed by atoms with Gasteiger partial charge in [-0.1, -0.05) is 6.07 Å². The lowest BCUT2D eigenvalue weighted by atomic mass is 10.1. The SMILES string of the molecule is COC(=O)c1ccc(C(=O)Nc2cc(C(=O)NCC(F)(F)F)ccc2C)cc1. The summed E-state index contributed by atoms with van der Waals surface area (Å²) in [5, 5.41) is 4.37. The maximum Gasteiger partial charge on any atom is 0.405 e. The Morgan fingerprint density at radius 3 is 2.07 bits per heavy atom. The van der Waals surface area contributed by atoms with E-state index in [1.807, 2.05) is 0 Å². The van der Waals surface area contributed by atoms with E-state index in [4.69, 9.17) is 0 Å². The molecule has 0 heterocycles. The molecule has 0 spiro atoms. The Bertz CT molecular complexity index is 893. The maximum absolute atomic E-state index is 12.4. The maximum atomic E-state index is 12.4. The van der Waals surface area contributed by atoms with Crippen LogP contribution in [0.1, 0.15) is 36.6 Å². The summed E-state index contributed by atoms with van der Waals surface area (Å²) in [6.07, 6.45) is -4.52. The smallest absolute Gasteiger partial charge is 0.405 e. The normalized spacial score (nSPS) is 10.9. The second kappa shape index (κ2) is 8.55. The van der Waals surface area contributed by atoms with Crippen molar-refractivity contribution in [3.05, 3.63) is 64.7 Å². The standard InChI is InChI=1S/C19H17F3N2O4/c1-11-3-4-14(16(25)23-10-19(20,21)22)9-15(11)24-17(26)12-5-7-13(8-6-12)18(27)28-2/h3-9H,10H2,1-2H3,(H,23,25)(H,24,26). The minimum atomic E-state index is -4.52. The van der Waals surface area contributed by atoms with Crippen molar-refractivity contribution in [3.8, 4) is 0 Å². The van der Waals surface area contributed by atoms with Crippen LogP contribution in [0.5, 0.6) is 0 Å². The second-order valence-corrected chi connectivity index (χ2v) is 5.85. The fraction of sp³-hybridized carbons (Fsp3) is 0.211. The number of methoxy groups -OCH3 is 1. The zero-order valence-electron chi connectivity index (χ0n) is 15.0. The number of esters is 1. The fourth-order valence-corrected chi connectivity index (χ4v) is 2.25. The zero-order chi connectivity index (χ0) is 20.9. The van der Waals surface area contributed by atoms with E-state index in [1.165, 1.54) is 49.6 Å². The van der Waals surface area contributed by atoms with Crippen molar-refractivity contribution in [2.24, 2.45) is 0 Å². The average Bonchev–Trinajstić information content (AvgIpc) is 2.66. The average molecular weight is 394 g/mol. The quantitative estimate of drug-likeness (QED) is 0.762. The Balaban J connectivity index is 2.13. The first-order valence-electron chi connectivity index (χ1n) is 8.06. The molecule has 0 fully saturated rings. The molecular formula is C19H17F3N2O4. The predicted octanol–water partition coefficient (Wildman–Crippen LogP) is 3.33. The number of hydrogen-bond acceptors (Lipinski definition) is 4. The Kier molecular flexibility index (Phi) is 6.40. The number of nitrogens with one attached hydrogen (secondary N) is 2. The van der Waals surface area contributed by atoms with Crippen molar-refractivity contribution < 1.29 is 32.3 Å². The van der Waals surface area contributed by atoms with Gasteiger partial charge in [-0.2, -0.15) is 13.2 Å². The van der Waals surface area contributed by atoms with Gasteiger partial charge in [-0.3, -0.25) is 9.59 Å². The molecule has 0 saturated heterocycles. The van der Waals surface area contributed by atoms with E-state index >= 15 is 0 Å². The topological polar surface area (TPSA) is 84.5 Å². The van der Waals surface area contributed by atoms with Crippen LogP contribution in [0, 0.1) is 6.92 Å². The van der Waals surface area contributed by atoms with Crippen LogP contribution in [0.4, 0.5) is 18.9 Å². The van der Waals surface area contributed by atoms with Crippen LogP contribution in [-0.4, -0.2) is 37.6 Å². The number of hydrogen-bond donors (Lipinski definition) is 2. The molecule has 2 rings (SSSR count). The molecule has 2 aromatic carbocycles. The summed E-state index contributed by atoms with van der Waals surface area (Å²) < 4.78 is 41.3. The van der Waals surface area contributed by atoms with E-state index in [0.29, 0.717) is 5.56 Å². The van der Waals surface area contributed by atoms with Gasteiger partial charge in [0.05, 0.1) is 12.7 Å². The van der Waals surface area contributed by atoms with Crippen LogP contribution < -0.4 is 10.6 Å². The van der Waals surface area contributed by atoms with E-state index in [9.17, 15) is 27.6 Å². The van der Waals surface area contributed by atoms with Gasteiger partial charge in [0.1, 0.15) is 6.54 Å². The predicted molar refractivity (Wildman–Crippen MR) is 95.3 cm³/mol. The van der Waals surface area contributed by atoms with Gasteiger partial charge >= 0.3 is 12.1 Å². The van der Waals surface area contributed by atoms with Gasteiger partial charge in [-0.05, 0) is 48.9 Å². The highest BCUT2D eigenvalue weighted by Gasteiger charge is 2.28. The zero-order valence-corrected chi connectivity index (χ0v) is 15.0. The van der Waals surface area contributed by atoms with Crippen molar-refractivity contribution >= 4 is 23.5 Å². The molecule has 0 atom stereocenters. The summed E-state index contributed by atoms with van der Waals surface area (Å²) in [7, 11) is 1.24. The van der Waals surface area contributed by atoms with Crippen molar-refractivity contribution in [2.75, 3.05) is 19.0 Å². The third kappa shape index (κ3) is 5.57. The molecule has 0 unspecified atom stereocenters. The molecule has 148 valence electrons. The Morgan fingerprint density at radius 1 is 0.929 bits per heavy atom. The van der Waals surface area contributed by atoms with Gasteiger partial charge in [-0.15, -0.1) is 0 Å². The van der Waals surface area contributed by atoms with Crippen LogP contribution in [0.25, 0.3) is 0 Å². The minimum Gasteiger partial charge on any atom is -0.465 e. The van der Waals surface area contributed by atoms with Crippen LogP contribution in [0.2, 0.25) is 0 Å². The van der Waals surface area contributed by atoms with E-state index in [2.05, 4.69) is 10.1 Å². The first-order valence-corrected chi connectivity index (χ1v) is 8.06. The van der Waals surface area contributed by atoms with E-state index < -0.39 is 30.5 Å². The van der Waals surface area contributed by atoms with Crippen LogP contribution in [-0.2, 0) is 4.74 Å². The second-order valence-electron chi connectivity index (χ2n) is 5.85. The van der Waals surface area contributed by atoms with Gasteiger partial charge < -0.3 is 15.4 Å². The molecule has 0 aliphatic carbocycles. The first kappa shape index (κ1) is 20.9. The molecule has 0 aromatic heterocycles. The van der Waals surface area contributed by atoms with Gasteiger partial charge in [0.2, 0.25) is 0 Å². The number of halogens is 3. The van der Waals surface area contributed by atoms with E-state index in [0.717, 1.165) is 0 Å². The molecule has 2 N–H and O–H groups in total. The molecular weight excluding hydrogens is 377 g/mol. The number of benzene rings is 2. The van der Waals surface area contributed by atoms with Crippen LogP contribution in [0.15, 0.2) is 42.5 Å². The number of ether oxygens (including phenoxy) is 1. The molecule has 6 nitrogen and oxygen atoms in total. The fourth-order valence-electron chi connectivity index (χ4n) is 2.25. The Morgan fingerprint density at radius 2 is 1.50 bits per heavy atom. The number of carbonyl (C=O) groups excluding carboxylic acids is 3. The Labute approximate surface area is 158 Å². The van der Waals surface area contributed by atoms with Crippen LogP contribution >= 0.6 is 0 Å². The van der Waals surface area contributed by atoms with Gasteiger partial charge in [-0.25, -0.2) is 4.79 Å². The molecule has 2 aromatic rings. The molecule has 0 saturated carbocycles. The summed E-state index contributed by atoms with van der Waals surface area (Å²) in [4.78, 5) is 35.7. The third-order valence-electron chi connectivity index (χ3n) is 3.77. The number of carbonyl (C=O) groups is 3. The first-order chi connectivity index (χ1) is 13.1. The molecule has 0 radical (unpaired) electrons. The molecule has 0 aliphatic heterocycles. The molecule has 9 heteroatoms. The molecule has 28 heavy (non-hydrogen) atoms. The highest BCUT2D eigenvalue weighted by molar-refractivity contribution is 6.06. The Hall–Kier alpha value is -3.36. The van der Waals surface area contributed by atoms with Crippen molar-refractivity contribution in [3.63, 3.8) is 0 Å². The summed E-state index contributed by atoms with van der Waals surface area (Å²) in [6.45, 7) is 0.224. The van der Waals surface area contributed by atoms with Gasteiger partial charge in [0.25, 0.3) is 11.8 Å². The largest absolute Gasteiger partial charge is 0.465 e. The number of aryl methyl sites for hydroxylation is 1. The number of rotatable bonds is 5. The number of anilines is 1. The summed E-state index contributed by atoms with van der Waals surface area (Å²) in [5.41, 5.74) is 1.40. The summed E-state index contributed by atoms with van der Waals surface area (Å²) in [5.74, 6) is -1.96. The van der Waals surface area contributed by atoms with Gasteiger partial charge in [0.15, 0.2) is 0 Å². The molecule has 2 amide bonds. The number of amides is 2. The van der Waals surface area contributed by atoms with Crippen molar-refractivity contribution in [1.29, 1.82) is 0 Å². The molecule has 0 bridgehead atoms. The highest BCUT2D eigenvalue weighted by atomic mass is 19.4. The third-order valence-corrected chi connectivity index (χ3v) is 3.77. The molecule has 0 aliphatic rings. The van der Waals surface area contributed by atoms with Gasteiger partial charge in [0, 0.05) is 16.8 Å². The monoisotopic (exact) mass is 394 g/mol. The minimum absolute atomic E-state index is 0.0220. The lowest BCUT2D eigenvalue weighted by molar-refractivity contribution is -0.123. The number of alkyl halides is 3. The summed E-state index contributed by atoms with van der Waals surface area (Å²) in [6, 6.07) is 9.87. The van der Waals surface area contributed by atoms with Crippen LogP contribution in [0.3, 0.4) is 0 Å².